The molecule has 7 nitrogen and oxygen atoms in total. The van der Waals surface area contributed by atoms with Gasteiger partial charge in [-0.2, -0.15) is 5.10 Å². The highest BCUT2D eigenvalue weighted by Gasteiger charge is 2.27. The largest absolute Gasteiger partial charge is 0.490 e. The van der Waals surface area contributed by atoms with Gasteiger partial charge in [-0.05, 0) is 73.2 Å². The van der Waals surface area contributed by atoms with Gasteiger partial charge in [0.25, 0.3) is 15.9 Å². The molecule has 3 rings (SSSR count). The molecule has 0 radical (unpaired) electrons. The van der Waals surface area contributed by atoms with E-state index in [1.54, 1.807) is 42.5 Å². The maximum atomic E-state index is 13.4. The van der Waals surface area contributed by atoms with Crippen LogP contribution in [-0.4, -0.2) is 33.7 Å². The number of nitrogens with zero attached hydrogens (tertiary/aromatic N) is 2. The van der Waals surface area contributed by atoms with Crippen molar-refractivity contribution in [3.8, 4) is 5.75 Å². The van der Waals surface area contributed by atoms with Crippen LogP contribution in [-0.2, 0) is 14.8 Å². The molecular weight excluding hydrogens is 457 g/mol. The topological polar surface area (TPSA) is 88.1 Å². The summed E-state index contributed by atoms with van der Waals surface area (Å²) in [6, 6.07) is 18.1. The van der Waals surface area contributed by atoms with E-state index in [0.29, 0.717) is 17.9 Å². The predicted molar refractivity (Wildman–Crippen MR) is 130 cm³/mol. The number of carbonyl (C=O) groups excluding carboxylic acids is 1. The Balaban J connectivity index is 1.75. The van der Waals surface area contributed by atoms with Gasteiger partial charge < -0.3 is 4.74 Å². The van der Waals surface area contributed by atoms with E-state index in [0.717, 1.165) is 22.0 Å². The van der Waals surface area contributed by atoms with Crippen molar-refractivity contribution in [1.29, 1.82) is 0 Å². The molecule has 0 aliphatic rings. The SMILES string of the molecule is C=CCOc1ccc(/C=N\NC(=O)CN(c2ccc(F)cc2)S(=O)(=O)c2ccc(C)cc2)cc1. The van der Waals surface area contributed by atoms with E-state index in [-0.39, 0.29) is 10.6 Å². The molecule has 0 unspecified atom stereocenters. The number of carbonyl (C=O) groups is 1. The zero-order valence-electron chi connectivity index (χ0n) is 18.5. The molecule has 0 saturated heterocycles. The van der Waals surface area contributed by atoms with E-state index < -0.39 is 28.3 Å². The molecule has 176 valence electrons. The van der Waals surface area contributed by atoms with Gasteiger partial charge in [-0.15, -0.1) is 0 Å². The van der Waals surface area contributed by atoms with E-state index in [1.165, 1.54) is 30.5 Å². The summed E-state index contributed by atoms with van der Waals surface area (Å²) >= 11 is 0. The molecule has 1 amide bonds. The van der Waals surface area contributed by atoms with Gasteiger partial charge in [-0.1, -0.05) is 30.4 Å². The number of halogens is 1. The predicted octanol–water partition coefficient (Wildman–Crippen LogP) is 4.04. The third-order valence-corrected chi connectivity index (χ3v) is 6.45. The molecule has 0 aliphatic heterocycles. The number of hydrogen-bond donors (Lipinski definition) is 1. The van der Waals surface area contributed by atoms with Crippen LogP contribution < -0.4 is 14.5 Å². The number of anilines is 1. The summed E-state index contributed by atoms with van der Waals surface area (Å²) in [4.78, 5) is 12.6. The fourth-order valence-electron chi connectivity index (χ4n) is 2.91. The third kappa shape index (κ3) is 6.52. The quantitative estimate of drug-likeness (QED) is 0.269. The minimum Gasteiger partial charge on any atom is -0.490 e. The fraction of sp³-hybridized carbons (Fsp3) is 0.120. The van der Waals surface area contributed by atoms with Crippen LogP contribution in [0.5, 0.6) is 5.75 Å². The average molecular weight is 482 g/mol. The molecule has 0 saturated carbocycles. The number of hydrazone groups is 1. The van der Waals surface area contributed by atoms with Crippen molar-refractivity contribution in [2.24, 2.45) is 5.10 Å². The molecule has 0 bridgehead atoms. The highest BCUT2D eigenvalue weighted by atomic mass is 32.2. The molecule has 0 aliphatic carbocycles. The van der Waals surface area contributed by atoms with Crippen LogP contribution in [0, 0.1) is 12.7 Å². The summed E-state index contributed by atoms with van der Waals surface area (Å²) in [6.45, 7) is 5.26. The van der Waals surface area contributed by atoms with Crippen LogP contribution in [0.2, 0.25) is 0 Å². The van der Waals surface area contributed by atoms with Crippen molar-refractivity contribution in [2.75, 3.05) is 17.5 Å². The van der Waals surface area contributed by atoms with E-state index in [2.05, 4.69) is 17.1 Å². The summed E-state index contributed by atoms with van der Waals surface area (Å²) in [5, 5.41) is 3.90. The van der Waals surface area contributed by atoms with Gasteiger partial charge in [0.1, 0.15) is 24.7 Å². The molecule has 0 atom stereocenters. The van der Waals surface area contributed by atoms with Crippen LogP contribution in [0.15, 0.2) is 95.4 Å². The summed E-state index contributed by atoms with van der Waals surface area (Å²) < 4.78 is 46.2. The van der Waals surface area contributed by atoms with Gasteiger partial charge in [0.05, 0.1) is 16.8 Å². The number of benzene rings is 3. The summed E-state index contributed by atoms with van der Waals surface area (Å²) in [5.41, 5.74) is 4.07. The lowest BCUT2D eigenvalue weighted by Gasteiger charge is -2.23. The van der Waals surface area contributed by atoms with Gasteiger partial charge in [-0.25, -0.2) is 18.2 Å². The lowest BCUT2D eigenvalue weighted by atomic mass is 10.2. The molecule has 0 fully saturated rings. The van der Waals surface area contributed by atoms with Crippen LogP contribution >= 0.6 is 0 Å². The van der Waals surface area contributed by atoms with E-state index >= 15 is 0 Å². The number of rotatable bonds is 10. The minimum atomic E-state index is -4.09. The van der Waals surface area contributed by atoms with Crippen molar-refractivity contribution in [1.82, 2.24) is 5.43 Å². The van der Waals surface area contributed by atoms with E-state index in [9.17, 15) is 17.6 Å². The summed E-state index contributed by atoms with van der Waals surface area (Å²) in [7, 11) is -4.09. The van der Waals surface area contributed by atoms with E-state index in [1.807, 2.05) is 6.92 Å². The van der Waals surface area contributed by atoms with Crippen LogP contribution in [0.1, 0.15) is 11.1 Å². The van der Waals surface area contributed by atoms with Crippen LogP contribution in [0.25, 0.3) is 0 Å². The molecule has 9 heteroatoms. The molecular formula is C25H24FN3O4S. The van der Waals surface area contributed by atoms with Gasteiger partial charge >= 0.3 is 0 Å². The first-order valence-corrected chi connectivity index (χ1v) is 11.7. The molecule has 34 heavy (non-hydrogen) atoms. The Morgan fingerprint density at radius 1 is 1.06 bits per heavy atom. The second-order valence-corrected chi connectivity index (χ2v) is 9.13. The second-order valence-electron chi connectivity index (χ2n) is 7.26. The number of nitrogens with one attached hydrogen (secondary N) is 1. The first-order chi connectivity index (χ1) is 16.3. The van der Waals surface area contributed by atoms with Gasteiger partial charge in [0.2, 0.25) is 0 Å². The zero-order valence-corrected chi connectivity index (χ0v) is 19.3. The Kier molecular flexibility index (Phi) is 8.15. The summed E-state index contributed by atoms with van der Waals surface area (Å²) in [5.74, 6) is -0.522. The minimum absolute atomic E-state index is 0.0116. The maximum Gasteiger partial charge on any atom is 0.264 e. The van der Waals surface area contributed by atoms with Crippen LogP contribution in [0.3, 0.4) is 0 Å². The monoisotopic (exact) mass is 481 g/mol. The molecule has 0 aromatic heterocycles. The molecule has 1 N–H and O–H groups in total. The van der Waals surface area contributed by atoms with Crippen molar-refractivity contribution in [3.05, 3.63) is 102 Å². The summed E-state index contributed by atoms with van der Waals surface area (Å²) in [6.07, 6.45) is 3.06. The molecule has 3 aromatic rings. The number of hydrogen-bond acceptors (Lipinski definition) is 5. The first kappa shape index (κ1) is 24.7. The molecule has 3 aromatic carbocycles. The zero-order chi connectivity index (χ0) is 24.6. The standard InChI is InChI=1S/C25H24FN3O4S/c1-3-16-33-23-12-6-20(7-13-23)17-27-28-25(30)18-29(22-10-8-21(26)9-11-22)34(31,32)24-14-4-19(2)5-15-24/h3-15,17H,1,16,18H2,2H3,(H,28,30)/b27-17-. The van der Waals surface area contributed by atoms with Crippen molar-refractivity contribution in [2.45, 2.75) is 11.8 Å². The van der Waals surface area contributed by atoms with Crippen molar-refractivity contribution in [3.63, 3.8) is 0 Å². The highest BCUT2D eigenvalue weighted by molar-refractivity contribution is 7.92. The normalized spacial score (nSPS) is 11.2. The van der Waals surface area contributed by atoms with E-state index in [4.69, 9.17) is 4.74 Å². The Labute approximate surface area is 198 Å². The average Bonchev–Trinajstić information content (AvgIpc) is 2.83. The molecule has 0 heterocycles. The lowest BCUT2D eigenvalue weighted by Crippen LogP contribution is -2.39. The maximum absolute atomic E-state index is 13.4. The smallest absolute Gasteiger partial charge is 0.264 e. The number of aryl methyl sites for hydroxylation is 1. The van der Waals surface area contributed by atoms with Gasteiger partial charge in [-0.3, -0.25) is 9.10 Å². The Morgan fingerprint density at radius 3 is 2.32 bits per heavy atom. The number of sulfonamides is 1. The second kappa shape index (κ2) is 11.2. The molecule has 0 spiro atoms. The van der Waals surface area contributed by atoms with Crippen molar-refractivity contribution < 1.29 is 22.3 Å². The number of ether oxygens (including phenoxy) is 1. The fourth-order valence-corrected chi connectivity index (χ4v) is 4.33. The third-order valence-electron chi connectivity index (χ3n) is 4.66. The van der Waals surface area contributed by atoms with Gasteiger partial charge in [0.15, 0.2) is 0 Å². The highest BCUT2D eigenvalue weighted by Crippen LogP contribution is 2.24. The Bertz CT molecular complexity index is 1260. The van der Waals surface area contributed by atoms with Gasteiger partial charge in [0, 0.05) is 0 Å². The first-order valence-electron chi connectivity index (χ1n) is 10.3. The Morgan fingerprint density at radius 2 is 1.71 bits per heavy atom. The Hall–Kier alpha value is -3.98. The van der Waals surface area contributed by atoms with Crippen molar-refractivity contribution >= 4 is 27.8 Å². The number of amides is 1. The lowest BCUT2D eigenvalue weighted by molar-refractivity contribution is -0.119. The van der Waals surface area contributed by atoms with Crippen LogP contribution in [0.4, 0.5) is 10.1 Å².